The molecule has 1 amide bonds. The second-order valence-corrected chi connectivity index (χ2v) is 5.49. The van der Waals surface area contributed by atoms with E-state index in [1.54, 1.807) is 37.6 Å². The molecule has 1 aliphatic heterocycles. The molecule has 1 aliphatic rings. The molecular formula is C15H11BrN2O3. The van der Waals surface area contributed by atoms with Crippen molar-refractivity contribution >= 4 is 33.3 Å². The number of hydrogen-bond acceptors (Lipinski definition) is 4. The average Bonchev–Trinajstić information content (AvgIpc) is 2.74. The molecule has 0 saturated heterocycles. The number of amides is 1. The minimum absolute atomic E-state index is 0.248. The molecule has 0 unspecified atom stereocenters. The Kier molecular flexibility index (Phi) is 3.47. The van der Waals surface area contributed by atoms with Crippen molar-refractivity contribution in [3.8, 4) is 5.75 Å². The predicted molar refractivity (Wildman–Crippen MR) is 80.5 cm³/mol. The number of methoxy groups -OCH3 is 1. The van der Waals surface area contributed by atoms with Crippen LogP contribution in [0.5, 0.6) is 5.75 Å². The van der Waals surface area contributed by atoms with E-state index in [9.17, 15) is 9.59 Å². The first-order valence-corrected chi connectivity index (χ1v) is 7.04. The fraction of sp³-hybridized carbons (Fsp3) is 0.133. The Balaban J connectivity index is 1.98. The smallest absolute Gasteiger partial charge is 0.299 e. The van der Waals surface area contributed by atoms with E-state index in [1.165, 1.54) is 4.90 Å². The highest BCUT2D eigenvalue weighted by Gasteiger charge is 2.36. The number of fused-ring (bicyclic) bond motifs is 1. The van der Waals surface area contributed by atoms with E-state index in [1.807, 2.05) is 6.07 Å². The van der Waals surface area contributed by atoms with Gasteiger partial charge in [0, 0.05) is 16.7 Å². The van der Waals surface area contributed by atoms with E-state index < -0.39 is 11.7 Å². The quantitative estimate of drug-likeness (QED) is 0.801. The van der Waals surface area contributed by atoms with Crippen LogP contribution in [0.2, 0.25) is 0 Å². The molecule has 0 N–H and O–H groups in total. The third kappa shape index (κ3) is 2.42. The molecule has 3 rings (SSSR count). The van der Waals surface area contributed by atoms with Crippen LogP contribution in [-0.2, 0) is 11.3 Å². The summed E-state index contributed by atoms with van der Waals surface area (Å²) in [7, 11) is 1.54. The summed E-state index contributed by atoms with van der Waals surface area (Å²) in [4.78, 5) is 29.8. The number of nitrogens with zero attached hydrogens (tertiary/aromatic N) is 2. The summed E-state index contributed by atoms with van der Waals surface area (Å²) in [5.74, 6) is -0.433. The third-order valence-electron chi connectivity index (χ3n) is 3.29. The Morgan fingerprint density at radius 1 is 1.24 bits per heavy atom. The first kappa shape index (κ1) is 13.8. The van der Waals surface area contributed by atoms with E-state index in [0.29, 0.717) is 22.7 Å². The summed E-state index contributed by atoms with van der Waals surface area (Å²) >= 11 is 3.31. The summed E-state index contributed by atoms with van der Waals surface area (Å²) in [5.41, 5.74) is 1.67. The average molecular weight is 347 g/mol. The molecule has 0 atom stereocenters. The van der Waals surface area contributed by atoms with Crippen LogP contribution in [0.25, 0.3) is 0 Å². The molecule has 5 nitrogen and oxygen atoms in total. The Morgan fingerprint density at radius 3 is 2.71 bits per heavy atom. The van der Waals surface area contributed by atoms with Crippen molar-refractivity contribution in [1.82, 2.24) is 4.98 Å². The van der Waals surface area contributed by atoms with Gasteiger partial charge >= 0.3 is 0 Å². The fourth-order valence-corrected chi connectivity index (χ4v) is 2.45. The van der Waals surface area contributed by atoms with Crippen LogP contribution in [0.15, 0.2) is 41.0 Å². The zero-order chi connectivity index (χ0) is 15.0. The van der Waals surface area contributed by atoms with Gasteiger partial charge in [-0.25, -0.2) is 0 Å². The van der Waals surface area contributed by atoms with E-state index in [2.05, 4.69) is 20.9 Å². The number of carbonyl (C=O) groups excluding carboxylic acids is 2. The van der Waals surface area contributed by atoms with Gasteiger partial charge in [0.25, 0.3) is 11.7 Å². The summed E-state index contributed by atoms with van der Waals surface area (Å²) in [5, 5.41) is 0. The zero-order valence-corrected chi connectivity index (χ0v) is 12.8. The maximum Gasteiger partial charge on any atom is 0.299 e. The maximum absolute atomic E-state index is 12.1. The maximum atomic E-state index is 12.1. The highest BCUT2D eigenvalue weighted by atomic mass is 79.9. The number of Topliss-reactive ketones (excluding diaryl/α,β-unsaturated/α-hetero) is 1. The predicted octanol–water partition coefficient (Wildman–Crippen LogP) is 2.58. The largest absolute Gasteiger partial charge is 0.497 e. The first-order chi connectivity index (χ1) is 10.1. The number of carbonyl (C=O) groups is 2. The number of hydrogen-bond donors (Lipinski definition) is 0. The highest BCUT2D eigenvalue weighted by Crippen LogP contribution is 2.33. The van der Waals surface area contributed by atoms with Gasteiger partial charge in [0.05, 0.1) is 30.6 Å². The standard InChI is InChI=1S/C15H11BrN2O3/c1-21-11-4-5-12-13(6-11)18(15(20)14(12)19)8-10-3-2-9(16)7-17-10/h2-7H,8H2,1H3. The molecule has 21 heavy (non-hydrogen) atoms. The molecule has 106 valence electrons. The number of ketones is 1. The molecule has 2 heterocycles. The van der Waals surface area contributed by atoms with E-state index in [-0.39, 0.29) is 6.54 Å². The molecule has 6 heteroatoms. The molecule has 2 aromatic rings. The van der Waals surface area contributed by atoms with Crippen molar-refractivity contribution in [2.24, 2.45) is 0 Å². The number of ether oxygens (including phenoxy) is 1. The van der Waals surface area contributed by atoms with Crippen LogP contribution in [0.1, 0.15) is 16.1 Å². The van der Waals surface area contributed by atoms with Crippen LogP contribution in [0.4, 0.5) is 5.69 Å². The summed E-state index contributed by atoms with van der Waals surface area (Å²) in [6.07, 6.45) is 1.66. The lowest BCUT2D eigenvalue weighted by molar-refractivity contribution is -0.114. The van der Waals surface area contributed by atoms with Crippen molar-refractivity contribution < 1.29 is 14.3 Å². The molecular weight excluding hydrogens is 336 g/mol. The fourth-order valence-electron chi connectivity index (χ4n) is 2.22. The van der Waals surface area contributed by atoms with Gasteiger partial charge in [-0.3, -0.25) is 19.5 Å². The lowest BCUT2D eigenvalue weighted by Gasteiger charge is -2.16. The first-order valence-electron chi connectivity index (χ1n) is 6.25. The van der Waals surface area contributed by atoms with Crippen molar-refractivity contribution in [2.75, 3.05) is 12.0 Å². The van der Waals surface area contributed by atoms with Gasteiger partial charge in [-0.2, -0.15) is 0 Å². The second-order valence-electron chi connectivity index (χ2n) is 4.57. The van der Waals surface area contributed by atoms with Crippen LogP contribution < -0.4 is 9.64 Å². The number of halogens is 1. The number of anilines is 1. The molecule has 1 aromatic carbocycles. The number of benzene rings is 1. The van der Waals surface area contributed by atoms with Crippen LogP contribution in [-0.4, -0.2) is 23.8 Å². The lowest BCUT2D eigenvalue weighted by atomic mass is 10.1. The SMILES string of the molecule is COc1ccc2c(c1)N(Cc1ccc(Br)cn1)C(=O)C2=O. The minimum atomic E-state index is -0.539. The summed E-state index contributed by atoms with van der Waals surface area (Å²) in [6.45, 7) is 0.248. The molecule has 0 fully saturated rings. The van der Waals surface area contributed by atoms with Crippen LogP contribution in [0.3, 0.4) is 0 Å². The minimum Gasteiger partial charge on any atom is -0.497 e. The molecule has 0 saturated carbocycles. The van der Waals surface area contributed by atoms with Gasteiger partial charge in [-0.15, -0.1) is 0 Å². The summed E-state index contributed by atoms with van der Waals surface area (Å²) < 4.78 is 6.01. The Hall–Kier alpha value is -2.21. The number of rotatable bonds is 3. The van der Waals surface area contributed by atoms with Gasteiger partial charge in [0.15, 0.2) is 0 Å². The molecule has 0 spiro atoms. The van der Waals surface area contributed by atoms with E-state index in [0.717, 1.165) is 4.47 Å². The third-order valence-corrected chi connectivity index (χ3v) is 3.76. The zero-order valence-electron chi connectivity index (χ0n) is 11.2. The summed E-state index contributed by atoms with van der Waals surface area (Å²) in [6, 6.07) is 8.63. The van der Waals surface area contributed by atoms with Gasteiger partial charge in [0.2, 0.25) is 0 Å². The van der Waals surface area contributed by atoms with E-state index in [4.69, 9.17) is 4.74 Å². The Morgan fingerprint density at radius 2 is 2.05 bits per heavy atom. The number of aromatic nitrogens is 1. The normalized spacial score (nSPS) is 13.5. The highest BCUT2D eigenvalue weighted by molar-refractivity contribution is 9.10. The van der Waals surface area contributed by atoms with Gasteiger partial charge in [-0.1, -0.05) is 0 Å². The van der Waals surface area contributed by atoms with Gasteiger partial charge in [0.1, 0.15) is 5.75 Å². The Labute approximate surface area is 129 Å². The van der Waals surface area contributed by atoms with Crippen molar-refractivity contribution in [3.05, 3.63) is 52.3 Å². The van der Waals surface area contributed by atoms with Crippen molar-refractivity contribution in [1.29, 1.82) is 0 Å². The van der Waals surface area contributed by atoms with Crippen LogP contribution >= 0.6 is 15.9 Å². The molecule has 1 aromatic heterocycles. The molecule has 0 bridgehead atoms. The topological polar surface area (TPSA) is 59.5 Å². The van der Waals surface area contributed by atoms with Crippen molar-refractivity contribution in [3.63, 3.8) is 0 Å². The van der Waals surface area contributed by atoms with E-state index >= 15 is 0 Å². The molecule has 0 radical (unpaired) electrons. The van der Waals surface area contributed by atoms with Crippen LogP contribution in [0, 0.1) is 0 Å². The van der Waals surface area contributed by atoms with Gasteiger partial charge in [-0.05, 0) is 40.2 Å². The lowest BCUT2D eigenvalue weighted by Crippen LogP contribution is -2.29. The Bertz CT molecular complexity index is 728. The number of pyridine rings is 1. The second kappa shape index (κ2) is 5.29. The van der Waals surface area contributed by atoms with Crippen molar-refractivity contribution in [2.45, 2.75) is 6.54 Å². The molecule has 0 aliphatic carbocycles. The monoisotopic (exact) mass is 346 g/mol. The van der Waals surface area contributed by atoms with Gasteiger partial charge < -0.3 is 4.74 Å².